The standard InChI is InChI=1S/C26H32N4O5/c1-17-14-30(18(2)16-31)26(34)22-11-21(6-5-19(3)32)13-28-25(22)35-23(17)15-29(4)24(33)12-20-7-9-27-10-8-20/h7-11,13,17-19,23,31-32H,12,14-16H2,1-4H3/t17-,18+,19-,23-/m1/s1. The SMILES string of the molecule is C[C@@H]1CN([C@@H](C)CO)C(=O)c2cc(C#C[C@@H](C)O)cnc2O[C@@H]1CN(C)C(=O)Cc1ccncc1. The summed E-state index contributed by atoms with van der Waals surface area (Å²) >= 11 is 0. The third kappa shape index (κ3) is 6.78. The predicted molar refractivity (Wildman–Crippen MR) is 130 cm³/mol. The summed E-state index contributed by atoms with van der Waals surface area (Å²) in [4.78, 5) is 37.8. The lowest BCUT2D eigenvalue weighted by atomic mass is 9.99. The van der Waals surface area contributed by atoms with Gasteiger partial charge in [0.15, 0.2) is 0 Å². The number of fused-ring (bicyclic) bond motifs is 1. The zero-order valence-electron chi connectivity index (χ0n) is 20.5. The number of likely N-dealkylation sites (N-methyl/N-ethyl adjacent to an activating group) is 1. The summed E-state index contributed by atoms with van der Waals surface area (Å²) in [5, 5.41) is 19.2. The van der Waals surface area contributed by atoms with Crippen LogP contribution in [0.1, 0.15) is 42.3 Å². The number of aliphatic hydroxyl groups is 2. The van der Waals surface area contributed by atoms with Gasteiger partial charge >= 0.3 is 0 Å². The molecule has 0 aromatic carbocycles. The van der Waals surface area contributed by atoms with Crippen molar-refractivity contribution in [2.75, 3.05) is 26.7 Å². The maximum atomic E-state index is 13.4. The molecule has 0 saturated heterocycles. The highest BCUT2D eigenvalue weighted by atomic mass is 16.5. The summed E-state index contributed by atoms with van der Waals surface area (Å²) < 4.78 is 6.21. The Kier molecular flexibility index (Phi) is 8.79. The van der Waals surface area contributed by atoms with E-state index in [1.807, 2.05) is 6.92 Å². The number of aliphatic hydroxyl groups excluding tert-OH is 2. The van der Waals surface area contributed by atoms with Crippen molar-refractivity contribution in [3.05, 3.63) is 53.5 Å². The topological polar surface area (TPSA) is 116 Å². The molecule has 2 N–H and O–H groups in total. The molecule has 0 aliphatic carbocycles. The molecule has 0 unspecified atom stereocenters. The van der Waals surface area contributed by atoms with Gasteiger partial charge in [-0.3, -0.25) is 14.6 Å². The normalized spacial score (nSPS) is 19.3. The lowest BCUT2D eigenvalue weighted by molar-refractivity contribution is -0.130. The molecule has 3 rings (SSSR count). The molecule has 0 radical (unpaired) electrons. The number of pyridine rings is 2. The molecule has 0 bridgehead atoms. The highest BCUT2D eigenvalue weighted by Gasteiger charge is 2.34. The average Bonchev–Trinajstić information content (AvgIpc) is 2.84. The minimum absolute atomic E-state index is 0.0670. The first-order valence-electron chi connectivity index (χ1n) is 11.6. The van der Waals surface area contributed by atoms with Gasteiger partial charge in [-0.25, -0.2) is 4.98 Å². The molecule has 9 nitrogen and oxygen atoms in total. The third-order valence-corrected chi connectivity index (χ3v) is 5.93. The number of rotatable bonds is 6. The van der Waals surface area contributed by atoms with Crippen LogP contribution < -0.4 is 4.74 Å². The van der Waals surface area contributed by atoms with Crippen LogP contribution in [0.3, 0.4) is 0 Å². The zero-order valence-corrected chi connectivity index (χ0v) is 20.5. The van der Waals surface area contributed by atoms with Gasteiger partial charge in [0.25, 0.3) is 5.91 Å². The number of hydrogen-bond acceptors (Lipinski definition) is 7. The van der Waals surface area contributed by atoms with E-state index in [1.165, 1.54) is 6.20 Å². The van der Waals surface area contributed by atoms with Crippen LogP contribution in [0, 0.1) is 17.8 Å². The Morgan fingerprint density at radius 2 is 2.06 bits per heavy atom. The van der Waals surface area contributed by atoms with Crippen molar-refractivity contribution >= 4 is 11.8 Å². The summed E-state index contributed by atoms with van der Waals surface area (Å²) in [7, 11) is 1.72. The Labute approximate surface area is 205 Å². The van der Waals surface area contributed by atoms with E-state index in [-0.39, 0.29) is 42.2 Å². The second kappa shape index (κ2) is 11.8. The molecule has 0 spiro atoms. The van der Waals surface area contributed by atoms with Gasteiger partial charge in [0.1, 0.15) is 17.8 Å². The highest BCUT2D eigenvalue weighted by molar-refractivity contribution is 5.97. The lowest BCUT2D eigenvalue weighted by Gasteiger charge is -2.37. The number of amides is 2. The van der Waals surface area contributed by atoms with E-state index in [9.17, 15) is 19.8 Å². The second-order valence-corrected chi connectivity index (χ2v) is 8.95. The summed E-state index contributed by atoms with van der Waals surface area (Å²) in [6.07, 6.45) is 3.77. The van der Waals surface area contributed by atoms with Gasteiger partial charge in [-0.1, -0.05) is 18.8 Å². The van der Waals surface area contributed by atoms with Crippen LogP contribution in [0.15, 0.2) is 36.8 Å². The second-order valence-electron chi connectivity index (χ2n) is 8.95. The van der Waals surface area contributed by atoms with Crippen molar-refractivity contribution < 1.29 is 24.5 Å². The van der Waals surface area contributed by atoms with Crippen molar-refractivity contribution in [1.29, 1.82) is 0 Å². The number of hydrogen-bond donors (Lipinski definition) is 2. The number of ether oxygens (including phenoxy) is 1. The fourth-order valence-corrected chi connectivity index (χ4v) is 3.76. The van der Waals surface area contributed by atoms with E-state index >= 15 is 0 Å². The fraction of sp³-hybridized carbons (Fsp3) is 0.462. The molecular weight excluding hydrogens is 448 g/mol. The van der Waals surface area contributed by atoms with E-state index in [1.54, 1.807) is 61.3 Å². The van der Waals surface area contributed by atoms with E-state index in [0.717, 1.165) is 5.56 Å². The van der Waals surface area contributed by atoms with Gasteiger partial charge in [-0.05, 0) is 37.6 Å². The largest absolute Gasteiger partial charge is 0.472 e. The molecule has 0 saturated carbocycles. The Morgan fingerprint density at radius 1 is 1.34 bits per heavy atom. The quantitative estimate of drug-likeness (QED) is 0.596. The van der Waals surface area contributed by atoms with Gasteiger partial charge in [0.05, 0.1) is 25.6 Å². The first-order valence-corrected chi connectivity index (χ1v) is 11.6. The molecule has 2 amide bonds. The first-order chi connectivity index (χ1) is 16.7. The van der Waals surface area contributed by atoms with Crippen molar-refractivity contribution in [3.8, 4) is 17.7 Å². The summed E-state index contributed by atoms with van der Waals surface area (Å²) in [5.74, 6) is 5.07. The summed E-state index contributed by atoms with van der Waals surface area (Å²) in [5.41, 5.74) is 1.56. The van der Waals surface area contributed by atoms with Crippen LogP contribution in [0.2, 0.25) is 0 Å². The molecule has 4 atom stereocenters. The minimum atomic E-state index is -0.819. The first kappa shape index (κ1) is 26.1. The highest BCUT2D eigenvalue weighted by Crippen LogP contribution is 2.27. The van der Waals surface area contributed by atoms with Gasteiger partial charge < -0.3 is 24.7 Å². The van der Waals surface area contributed by atoms with Crippen LogP contribution in [0.25, 0.3) is 0 Å². The van der Waals surface area contributed by atoms with Crippen molar-refractivity contribution in [3.63, 3.8) is 0 Å². The van der Waals surface area contributed by atoms with Crippen LogP contribution in [0.4, 0.5) is 0 Å². The minimum Gasteiger partial charge on any atom is -0.472 e. The van der Waals surface area contributed by atoms with E-state index in [0.29, 0.717) is 18.7 Å². The predicted octanol–water partition coefficient (Wildman–Crippen LogP) is 1.13. The van der Waals surface area contributed by atoms with E-state index in [4.69, 9.17) is 4.74 Å². The fourth-order valence-electron chi connectivity index (χ4n) is 3.76. The molecule has 2 aromatic heterocycles. The van der Waals surface area contributed by atoms with Crippen LogP contribution >= 0.6 is 0 Å². The number of carbonyl (C=O) groups excluding carboxylic acids is 2. The Morgan fingerprint density at radius 3 is 2.71 bits per heavy atom. The summed E-state index contributed by atoms with van der Waals surface area (Å²) in [6.45, 7) is 5.70. The Hall–Kier alpha value is -3.48. The van der Waals surface area contributed by atoms with Gasteiger partial charge in [-0.2, -0.15) is 0 Å². The molecule has 1 aliphatic rings. The van der Waals surface area contributed by atoms with Crippen molar-refractivity contribution in [2.45, 2.75) is 45.4 Å². The number of nitrogens with zero attached hydrogens (tertiary/aromatic N) is 4. The maximum absolute atomic E-state index is 13.4. The smallest absolute Gasteiger partial charge is 0.259 e. The van der Waals surface area contributed by atoms with Crippen molar-refractivity contribution in [1.82, 2.24) is 19.8 Å². The maximum Gasteiger partial charge on any atom is 0.259 e. The molecular formula is C26H32N4O5. The van der Waals surface area contributed by atoms with Gasteiger partial charge in [0.2, 0.25) is 11.8 Å². The monoisotopic (exact) mass is 480 g/mol. The lowest BCUT2D eigenvalue weighted by Crippen LogP contribution is -2.50. The Balaban J connectivity index is 1.89. The molecule has 1 aliphatic heterocycles. The number of carbonyl (C=O) groups is 2. The van der Waals surface area contributed by atoms with Crippen LogP contribution in [-0.2, 0) is 11.2 Å². The van der Waals surface area contributed by atoms with E-state index < -0.39 is 18.2 Å². The molecule has 186 valence electrons. The van der Waals surface area contributed by atoms with Gasteiger partial charge in [0, 0.05) is 43.7 Å². The molecule has 0 fully saturated rings. The zero-order chi connectivity index (χ0) is 25.5. The average molecular weight is 481 g/mol. The molecule has 3 heterocycles. The van der Waals surface area contributed by atoms with Crippen LogP contribution in [0.5, 0.6) is 5.88 Å². The third-order valence-electron chi connectivity index (χ3n) is 5.93. The summed E-state index contributed by atoms with van der Waals surface area (Å²) in [6, 6.07) is 4.77. The van der Waals surface area contributed by atoms with Crippen molar-refractivity contribution in [2.24, 2.45) is 5.92 Å². The van der Waals surface area contributed by atoms with Crippen LogP contribution in [-0.4, -0.2) is 86.8 Å². The molecule has 35 heavy (non-hydrogen) atoms. The molecule has 9 heteroatoms. The van der Waals surface area contributed by atoms with Gasteiger partial charge in [-0.15, -0.1) is 0 Å². The molecule has 2 aromatic rings. The number of aromatic nitrogens is 2. The Bertz CT molecular complexity index is 1100. The van der Waals surface area contributed by atoms with E-state index in [2.05, 4.69) is 21.8 Å².